The molecule has 0 amide bonds. The van der Waals surface area contributed by atoms with Crippen molar-refractivity contribution in [3.8, 4) is 11.5 Å². The Morgan fingerprint density at radius 1 is 1.00 bits per heavy atom. The number of aryl methyl sites for hydroxylation is 1. The van der Waals surface area contributed by atoms with Crippen LogP contribution in [0.1, 0.15) is 49.2 Å². The number of rotatable bonds is 7. The zero-order chi connectivity index (χ0) is 17.5. The smallest absolute Gasteiger partial charge is 0.343 e. The Morgan fingerprint density at radius 2 is 1.71 bits per heavy atom. The summed E-state index contributed by atoms with van der Waals surface area (Å²) >= 11 is 0. The first-order valence-corrected chi connectivity index (χ1v) is 8.61. The molecule has 3 heteroatoms. The first-order valence-electron chi connectivity index (χ1n) is 8.61. The van der Waals surface area contributed by atoms with Crippen LogP contribution in [0.3, 0.4) is 0 Å². The monoisotopic (exact) mass is 326 g/mol. The molecule has 2 aromatic carbocycles. The van der Waals surface area contributed by atoms with Gasteiger partial charge in [-0.1, -0.05) is 45.0 Å². The van der Waals surface area contributed by atoms with Gasteiger partial charge in [-0.25, -0.2) is 4.79 Å². The van der Waals surface area contributed by atoms with Crippen molar-refractivity contribution in [1.82, 2.24) is 0 Å². The summed E-state index contributed by atoms with van der Waals surface area (Å²) in [5.41, 5.74) is 2.94. The highest BCUT2D eigenvalue weighted by atomic mass is 16.6. The molecule has 0 atom stereocenters. The van der Waals surface area contributed by atoms with Crippen molar-refractivity contribution in [2.75, 3.05) is 6.61 Å². The third kappa shape index (κ3) is 4.38. The van der Waals surface area contributed by atoms with E-state index >= 15 is 0 Å². The van der Waals surface area contributed by atoms with E-state index in [2.05, 4.69) is 26.8 Å². The first kappa shape index (κ1) is 18.1. The number of ether oxygens (including phenoxy) is 2. The molecule has 0 heterocycles. The number of carbonyl (C=O) groups excluding carboxylic acids is 1. The van der Waals surface area contributed by atoms with Crippen LogP contribution < -0.4 is 9.47 Å². The minimum Gasteiger partial charge on any atom is -0.490 e. The van der Waals surface area contributed by atoms with Crippen LogP contribution in [0, 0.1) is 5.92 Å². The quantitative estimate of drug-likeness (QED) is 0.526. The van der Waals surface area contributed by atoms with Crippen LogP contribution in [0.25, 0.3) is 0 Å². The summed E-state index contributed by atoms with van der Waals surface area (Å²) < 4.78 is 11.2. The second-order valence-electron chi connectivity index (χ2n) is 6.16. The summed E-state index contributed by atoms with van der Waals surface area (Å²) in [5.74, 6) is 1.19. The minimum absolute atomic E-state index is 0.326. The molecule has 0 fully saturated rings. The van der Waals surface area contributed by atoms with Gasteiger partial charge in [0, 0.05) is 0 Å². The molecule has 0 radical (unpaired) electrons. The third-order valence-electron chi connectivity index (χ3n) is 3.84. The average Bonchev–Trinajstić information content (AvgIpc) is 2.56. The maximum absolute atomic E-state index is 12.8. The van der Waals surface area contributed by atoms with E-state index in [0.717, 1.165) is 18.4 Å². The van der Waals surface area contributed by atoms with E-state index in [0.29, 0.717) is 29.6 Å². The Morgan fingerprint density at radius 3 is 2.33 bits per heavy atom. The molecule has 0 aliphatic carbocycles. The summed E-state index contributed by atoms with van der Waals surface area (Å²) in [4.78, 5) is 12.8. The minimum atomic E-state index is -0.326. The first-order chi connectivity index (χ1) is 11.6. The Kier molecular flexibility index (Phi) is 6.42. The van der Waals surface area contributed by atoms with Crippen molar-refractivity contribution in [3.63, 3.8) is 0 Å². The largest absolute Gasteiger partial charge is 0.490 e. The number of carbonyl (C=O) groups is 1. The van der Waals surface area contributed by atoms with Crippen LogP contribution in [0.2, 0.25) is 0 Å². The summed E-state index contributed by atoms with van der Waals surface area (Å²) in [6.07, 6.45) is 1.76. The molecule has 0 aliphatic rings. The van der Waals surface area contributed by atoms with Gasteiger partial charge in [-0.05, 0) is 55.0 Å². The summed E-state index contributed by atoms with van der Waals surface area (Å²) in [5, 5.41) is 0. The van der Waals surface area contributed by atoms with E-state index in [-0.39, 0.29) is 5.97 Å². The van der Waals surface area contributed by atoms with Crippen LogP contribution in [-0.4, -0.2) is 12.6 Å². The molecule has 0 bridgehead atoms. The number of hydrogen-bond donors (Lipinski definition) is 0. The SMILES string of the molecule is CCOc1ccccc1OC(=O)c1cccc(CC)c1CC(C)C. The lowest BCUT2D eigenvalue weighted by Crippen LogP contribution is -2.15. The lowest BCUT2D eigenvalue weighted by atomic mass is 9.92. The van der Waals surface area contributed by atoms with Crippen molar-refractivity contribution in [1.29, 1.82) is 0 Å². The normalized spacial score (nSPS) is 10.7. The predicted molar refractivity (Wildman–Crippen MR) is 96.9 cm³/mol. The number of para-hydroxylation sites is 2. The Labute approximate surface area is 144 Å². The molecular weight excluding hydrogens is 300 g/mol. The third-order valence-corrected chi connectivity index (χ3v) is 3.84. The predicted octanol–water partition coefficient (Wildman–Crippen LogP) is 5.07. The molecule has 2 rings (SSSR count). The van der Waals surface area contributed by atoms with Gasteiger partial charge >= 0.3 is 5.97 Å². The molecule has 0 saturated carbocycles. The fraction of sp³-hybridized carbons (Fsp3) is 0.381. The number of hydrogen-bond acceptors (Lipinski definition) is 3. The molecule has 24 heavy (non-hydrogen) atoms. The lowest BCUT2D eigenvalue weighted by Gasteiger charge is -2.16. The van der Waals surface area contributed by atoms with Crippen molar-refractivity contribution < 1.29 is 14.3 Å². The van der Waals surface area contributed by atoms with Crippen LogP contribution >= 0.6 is 0 Å². The van der Waals surface area contributed by atoms with E-state index in [4.69, 9.17) is 9.47 Å². The number of esters is 1. The van der Waals surface area contributed by atoms with Crippen molar-refractivity contribution >= 4 is 5.97 Å². The maximum Gasteiger partial charge on any atom is 0.343 e. The van der Waals surface area contributed by atoms with Crippen molar-refractivity contribution in [3.05, 3.63) is 59.2 Å². The molecular formula is C21H26O3. The van der Waals surface area contributed by atoms with Crippen molar-refractivity contribution in [2.45, 2.75) is 40.5 Å². The van der Waals surface area contributed by atoms with E-state index < -0.39 is 0 Å². The molecule has 0 N–H and O–H groups in total. The van der Waals surface area contributed by atoms with Gasteiger partial charge < -0.3 is 9.47 Å². The molecule has 128 valence electrons. The van der Waals surface area contributed by atoms with Gasteiger partial charge in [-0.2, -0.15) is 0 Å². The van der Waals surface area contributed by atoms with Gasteiger partial charge in [0.1, 0.15) is 0 Å². The molecule has 0 saturated heterocycles. The van der Waals surface area contributed by atoms with Crippen LogP contribution in [-0.2, 0) is 12.8 Å². The number of benzene rings is 2. The Bertz CT molecular complexity index is 689. The molecule has 0 unspecified atom stereocenters. The van der Waals surface area contributed by atoms with E-state index in [1.165, 1.54) is 5.56 Å². The molecule has 2 aromatic rings. The van der Waals surface area contributed by atoms with Gasteiger partial charge in [0.25, 0.3) is 0 Å². The summed E-state index contributed by atoms with van der Waals surface area (Å²) in [6, 6.07) is 13.1. The van der Waals surface area contributed by atoms with E-state index in [1.807, 2.05) is 37.3 Å². The fourth-order valence-corrected chi connectivity index (χ4v) is 2.77. The van der Waals surface area contributed by atoms with Crippen LogP contribution in [0.15, 0.2) is 42.5 Å². The van der Waals surface area contributed by atoms with Gasteiger partial charge in [0.05, 0.1) is 12.2 Å². The standard InChI is InChI=1S/C21H26O3/c1-5-16-10-9-11-17(18(16)14-15(3)4)21(22)24-20-13-8-7-12-19(20)23-6-2/h7-13,15H,5-6,14H2,1-4H3. The molecule has 3 nitrogen and oxygen atoms in total. The van der Waals surface area contributed by atoms with Gasteiger partial charge in [0.2, 0.25) is 0 Å². The van der Waals surface area contributed by atoms with Gasteiger partial charge in [-0.15, -0.1) is 0 Å². The Balaban J connectivity index is 2.33. The highest BCUT2D eigenvalue weighted by molar-refractivity contribution is 5.93. The average molecular weight is 326 g/mol. The van der Waals surface area contributed by atoms with Crippen molar-refractivity contribution in [2.24, 2.45) is 5.92 Å². The zero-order valence-corrected chi connectivity index (χ0v) is 15.0. The molecule has 0 spiro atoms. The summed E-state index contributed by atoms with van der Waals surface area (Å²) in [7, 11) is 0. The molecule has 0 aliphatic heterocycles. The fourth-order valence-electron chi connectivity index (χ4n) is 2.77. The van der Waals surface area contributed by atoms with E-state index in [1.54, 1.807) is 6.07 Å². The molecule has 0 aromatic heterocycles. The second kappa shape index (κ2) is 8.53. The highest BCUT2D eigenvalue weighted by Gasteiger charge is 2.18. The zero-order valence-electron chi connectivity index (χ0n) is 15.0. The van der Waals surface area contributed by atoms with E-state index in [9.17, 15) is 4.79 Å². The van der Waals surface area contributed by atoms with Gasteiger partial charge in [0.15, 0.2) is 11.5 Å². The topological polar surface area (TPSA) is 35.5 Å². The second-order valence-corrected chi connectivity index (χ2v) is 6.16. The van der Waals surface area contributed by atoms with Gasteiger partial charge in [-0.3, -0.25) is 0 Å². The Hall–Kier alpha value is -2.29. The van der Waals surface area contributed by atoms with Crippen LogP contribution in [0.4, 0.5) is 0 Å². The van der Waals surface area contributed by atoms with Crippen LogP contribution in [0.5, 0.6) is 11.5 Å². The highest BCUT2D eigenvalue weighted by Crippen LogP contribution is 2.28. The summed E-state index contributed by atoms with van der Waals surface area (Å²) in [6.45, 7) is 8.86. The lowest BCUT2D eigenvalue weighted by molar-refractivity contribution is 0.0727. The maximum atomic E-state index is 12.8.